The van der Waals surface area contributed by atoms with E-state index in [1.807, 2.05) is 37.3 Å². The maximum absolute atomic E-state index is 12.4. The second-order valence-electron chi connectivity index (χ2n) is 5.35. The van der Waals surface area contributed by atoms with Crippen molar-refractivity contribution in [2.24, 2.45) is 5.73 Å². The number of para-hydroxylation sites is 1. The summed E-state index contributed by atoms with van der Waals surface area (Å²) in [5, 5.41) is 14.8. The van der Waals surface area contributed by atoms with E-state index in [1.165, 1.54) is 11.3 Å². The minimum Gasteiger partial charge on any atom is -0.391 e. The summed E-state index contributed by atoms with van der Waals surface area (Å²) in [7, 11) is 0. The molecule has 0 fully saturated rings. The van der Waals surface area contributed by atoms with Gasteiger partial charge in [0.15, 0.2) is 0 Å². The van der Waals surface area contributed by atoms with Crippen LogP contribution in [0.5, 0.6) is 0 Å². The van der Waals surface area contributed by atoms with Crippen molar-refractivity contribution in [1.82, 2.24) is 0 Å². The van der Waals surface area contributed by atoms with Crippen LogP contribution in [0.2, 0.25) is 0 Å². The molecule has 2 amide bonds. The van der Waals surface area contributed by atoms with Gasteiger partial charge in [-0.3, -0.25) is 9.59 Å². The Balaban J connectivity index is 2.09. The molecule has 0 bridgehead atoms. The molecule has 7 heteroatoms. The third-order valence-corrected chi connectivity index (χ3v) is 4.37. The Labute approximate surface area is 144 Å². The normalized spacial score (nSPS) is 11.8. The summed E-state index contributed by atoms with van der Waals surface area (Å²) in [6.07, 6.45) is 0.0720. The summed E-state index contributed by atoms with van der Waals surface area (Å²) in [6.45, 7) is 2.30. The number of hydrogen-bond acceptors (Lipinski definition) is 5. The minimum absolute atomic E-state index is 0.0666. The number of rotatable bonds is 8. The van der Waals surface area contributed by atoms with Gasteiger partial charge in [0.05, 0.1) is 18.2 Å². The van der Waals surface area contributed by atoms with Crippen LogP contribution in [-0.4, -0.2) is 36.1 Å². The van der Waals surface area contributed by atoms with Gasteiger partial charge in [-0.1, -0.05) is 25.1 Å². The number of aliphatic hydroxyl groups excluding tert-OH is 1. The first-order chi connectivity index (χ1) is 11.5. The Hall–Kier alpha value is -2.38. The predicted molar refractivity (Wildman–Crippen MR) is 96.4 cm³/mol. The fourth-order valence-electron chi connectivity index (χ4n) is 2.22. The number of hydrogen-bond donors (Lipinski definition) is 3. The highest BCUT2D eigenvalue weighted by Gasteiger charge is 2.17. The molecule has 1 heterocycles. The summed E-state index contributed by atoms with van der Waals surface area (Å²) < 4.78 is 0. The maximum Gasteiger partial charge on any atom is 0.251 e. The standard InChI is InChI=1S/C17H21N3O3S/c1-2-13(21)10-20(12-6-4-3-5-7-12)11-15(22)19-17-14(16(18)23)8-9-24-17/h3-9,13,21H,2,10-11H2,1H3,(H2,18,23)(H,19,22). The van der Waals surface area contributed by atoms with E-state index >= 15 is 0 Å². The van der Waals surface area contributed by atoms with Gasteiger partial charge in [0.25, 0.3) is 5.91 Å². The maximum atomic E-state index is 12.4. The predicted octanol–water partition coefficient (Wildman–Crippen LogP) is 2.06. The Morgan fingerprint density at radius 1 is 1.29 bits per heavy atom. The van der Waals surface area contributed by atoms with Crippen molar-refractivity contribution in [3.8, 4) is 0 Å². The van der Waals surface area contributed by atoms with Crippen LogP contribution < -0.4 is 16.0 Å². The molecule has 0 aliphatic rings. The van der Waals surface area contributed by atoms with Crippen LogP contribution >= 0.6 is 11.3 Å². The largest absolute Gasteiger partial charge is 0.391 e. The number of anilines is 2. The molecule has 2 rings (SSSR count). The number of carbonyl (C=O) groups is 2. The third kappa shape index (κ3) is 4.81. The van der Waals surface area contributed by atoms with E-state index in [9.17, 15) is 14.7 Å². The van der Waals surface area contributed by atoms with Crippen molar-refractivity contribution in [2.75, 3.05) is 23.3 Å². The molecule has 1 aromatic heterocycles. The van der Waals surface area contributed by atoms with Gasteiger partial charge in [-0.2, -0.15) is 0 Å². The van der Waals surface area contributed by atoms with Crippen molar-refractivity contribution in [3.63, 3.8) is 0 Å². The minimum atomic E-state index is -0.576. The molecule has 1 atom stereocenters. The zero-order chi connectivity index (χ0) is 17.5. The smallest absolute Gasteiger partial charge is 0.251 e. The lowest BCUT2D eigenvalue weighted by atomic mass is 10.2. The molecule has 0 aliphatic heterocycles. The second-order valence-corrected chi connectivity index (χ2v) is 6.27. The summed E-state index contributed by atoms with van der Waals surface area (Å²) in [5.74, 6) is -0.847. The number of thiophene rings is 1. The Kier molecular flexibility index (Phi) is 6.34. The zero-order valence-electron chi connectivity index (χ0n) is 13.4. The van der Waals surface area contributed by atoms with Gasteiger partial charge >= 0.3 is 0 Å². The molecule has 0 radical (unpaired) electrons. The van der Waals surface area contributed by atoms with Crippen LogP contribution in [0.1, 0.15) is 23.7 Å². The van der Waals surface area contributed by atoms with Crippen molar-refractivity contribution in [2.45, 2.75) is 19.4 Å². The first-order valence-corrected chi connectivity index (χ1v) is 8.54. The highest BCUT2D eigenvalue weighted by atomic mass is 32.1. The first-order valence-electron chi connectivity index (χ1n) is 7.66. The van der Waals surface area contributed by atoms with E-state index < -0.39 is 12.0 Å². The number of amides is 2. The topological polar surface area (TPSA) is 95.7 Å². The monoisotopic (exact) mass is 347 g/mol. The molecule has 24 heavy (non-hydrogen) atoms. The van der Waals surface area contributed by atoms with E-state index in [1.54, 1.807) is 16.3 Å². The highest BCUT2D eigenvalue weighted by molar-refractivity contribution is 7.14. The van der Waals surface area contributed by atoms with Crippen LogP contribution in [-0.2, 0) is 4.79 Å². The number of nitrogens with one attached hydrogen (secondary N) is 1. The van der Waals surface area contributed by atoms with Crippen LogP contribution in [0, 0.1) is 0 Å². The van der Waals surface area contributed by atoms with E-state index in [2.05, 4.69) is 5.32 Å². The van der Waals surface area contributed by atoms with Crippen molar-refractivity contribution in [1.29, 1.82) is 0 Å². The van der Waals surface area contributed by atoms with Gasteiger partial charge in [-0.05, 0) is 30.0 Å². The van der Waals surface area contributed by atoms with E-state index in [4.69, 9.17) is 5.73 Å². The van der Waals surface area contributed by atoms with Gasteiger partial charge in [0.1, 0.15) is 5.00 Å². The number of aliphatic hydroxyl groups is 1. The molecule has 1 unspecified atom stereocenters. The second kappa shape index (κ2) is 8.47. The Morgan fingerprint density at radius 3 is 2.62 bits per heavy atom. The Bertz CT molecular complexity index is 687. The quantitative estimate of drug-likeness (QED) is 0.681. The van der Waals surface area contributed by atoms with Crippen LogP contribution in [0.3, 0.4) is 0 Å². The van der Waals surface area contributed by atoms with Crippen LogP contribution in [0.25, 0.3) is 0 Å². The average molecular weight is 347 g/mol. The summed E-state index contributed by atoms with van der Waals surface area (Å²) in [6, 6.07) is 11.0. The number of nitrogens with two attached hydrogens (primary N) is 1. The van der Waals surface area contributed by atoms with E-state index in [0.717, 1.165) is 5.69 Å². The van der Waals surface area contributed by atoms with E-state index in [-0.39, 0.29) is 12.5 Å². The molecule has 0 aliphatic carbocycles. The van der Waals surface area contributed by atoms with Crippen molar-refractivity contribution < 1.29 is 14.7 Å². The summed E-state index contributed by atoms with van der Waals surface area (Å²) in [5.41, 5.74) is 6.43. The molecule has 6 nitrogen and oxygen atoms in total. The number of benzene rings is 1. The zero-order valence-corrected chi connectivity index (χ0v) is 14.3. The van der Waals surface area contributed by atoms with Gasteiger partial charge in [0, 0.05) is 12.2 Å². The highest BCUT2D eigenvalue weighted by Crippen LogP contribution is 2.23. The molecule has 0 saturated heterocycles. The third-order valence-electron chi connectivity index (χ3n) is 3.54. The van der Waals surface area contributed by atoms with Gasteiger partial charge in [0.2, 0.25) is 5.91 Å². The fraction of sp³-hybridized carbons (Fsp3) is 0.294. The van der Waals surface area contributed by atoms with Crippen molar-refractivity contribution in [3.05, 3.63) is 47.3 Å². The molecular formula is C17H21N3O3S. The molecule has 2 aromatic rings. The van der Waals surface area contributed by atoms with Crippen LogP contribution in [0.15, 0.2) is 41.8 Å². The van der Waals surface area contributed by atoms with Gasteiger partial charge in [-0.25, -0.2) is 0 Å². The molecule has 4 N–H and O–H groups in total. The summed E-state index contributed by atoms with van der Waals surface area (Å²) in [4.78, 5) is 25.5. The number of nitrogens with zero attached hydrogens (tertiary/aromatic N) is 1. The number of primary amides is 1. The lowest BCUT2D eigenvalue weighted by Crippen LogP contribution is -2.38. The fourth-order valence-corrected chi connectivity index (χ4v) is 3.03. The lowest BCUT2D eigenvalue weighted by Gasteiger charge is -2.26. The molecule has 0 spiro atoms. The molecular weight excluding hydrogens is 326 g/mol. The molecule has 1 aromatic carbocycles. The first kappa shape index (κ1) is 18.0. The van der Waals surface area contributed by atoms with Gasteiger partial charge < -0.3 is 21.1 Å². The van der Waals surface area contributed by atoms with Gasteiger partial charge in [-0.15, -0.1) is 11.3 Å². The molecule has 128 valence electrons. The molecule has 0 saturated carbocycles. The SMILES string of the molecule is CCC(O)CN(CC(=O)Nc1sccc1C(N)=O)c1ccccc1. The lowest BCUT2D eigenvalue weighted by molar-refractivity contribution is -0.115. The van der Waals surface area contributed by atoms with Crippen LogP contribution in [0.4, 0.5) is 10.7 Å². The summed E-state index contributed by atoms with van der Waals surface area (Å²) >= 11 is 1.25. The average Bonchev–Trinajstić information content (AvgIpc) is 3.03. The Morgan fingerprint density at radius 2 is 2.00 bits per heavy atom. The van der Waals surface area contributed by atoms with E-state index in [0.29, 0.717) is 23.5 Å². The van der Waals surface area contributed by atoms with Crippen molar-refractivity contribution >= 4 is 33.8 Å². The number of carbonyl (C=O) groups excluding carboxylic acids is 2.